The summed E-state index contributed by atoms with van der Waals surface area (Å²) < 4.78 is 5.78. The minimum atomic E-state index is -0.197. The molecule has 2 unspecified atom stereocenters. The van der Waals surface area contributed by atoms with Crippen LogP contribution in [0.25, 0.3) is 0 Å². The summed E-state index contributed by atoms with van der Waals surface area (Å²) in [6, 6.07) is 0. The zero-order chi connectivity index (χ0) is 9.80. The Bertz CT molecular complexity index is 169. The molecule has 1 saturated heterocycles. The fraction of sp³-hybridized carbons (Fsp3) is 1.00. The van der Waals surface area contributed by atoms with Crippen molar-refractivity contribution in [3.05, 3.63) is 0 Å². The standard InChI is InChI=1S/C11H21NO2/c13-10-2-1-3-11(10)14-8-9-4-6-12-7-5-9/h9-13H,1-8H2. The summed E-state index contributed by atoms with van der Waals surface area (Å²) in [5.41, 5.74) is 0. The summed E-state index contributed by atoms with van der Waals surface area (Å²) in [6.07, 6.45) is 5.48. The van der Waals surface area contributed by atoms with Crippen molar-refractivity contribution in [3.63, 3.8) is 0 Å². The van der Waals surface area contributed by atoms with Crippen molar-refractivity contribution in [2.75, 3.05) is 19.7 Å². The molecule has 1 saturated carbocycles. The van der Waals surface area contributed by atoms with Gasteiger partial charge in [0.15, 0.2) is 0 Å². The average Bonchev–Trinajstić information content (AvgIpc) is 2.63. The molecule has 1 aliphatic heterocycles. The zero-order valence-corrected chi connectivity index (χ0v) is 8.74. The maximum Gasteiger partial charge on any atom is 0.0834 e. The summed E-state index contributed by atoms with van der Waals surface area (Å²) in [4.78, 5) is 0. The number of rotatable bonds is 3. The quantitative estimate of drug-likeness (QED) is 0.710. The van der Waals surface area contributed by atoms with Crippen LogP contribution in [0.4, 0.5) is 0 Å². The lowest BCUT2D eigenvalue weighted by atomic mass is 9.99. The number of ether oxygens (including phenoxy) is 1. The van der Waals surface area contributed by atoms with Crippen molar-refractivity contribution >= 4 is 0 Å². The third kappa shape index (κ3) is 2.69. The number of aliphatic hydroxyl groups is 1. The normalized spacial score (nSPS) is 34.9. The average molecular weight is 199 g/mol. The first-order chi connectivity index (χ1) is 6.86. The monoisotopic (exact) mass is 199 g/mol. The van der Waals surface area contributed by atoms with Crippen molar-refractivity contribution in [2.24, 2.45) is 5.92 Å². The van der Waals surface area contributed by atoms with Crippen LogP contribution < -0.4 is 5.32 Å². The molecule has 82 valence electrons. The number of nitrogens with one attached hydrogen (secondary N) is 1. The minimum absolute atomic E-state index is 0.130. The zero-order valence-electron chi connectivity index (χ0n) is 8.74. The van der Waals surface area contributed by atoms with Crippen LogP contribution in [0.1, 0.15) is 32.1 Å². The topological polar surface area (TPSA) is 41.5 Å². The summed E-state index contributed by atoms with van der Waals surface area (Å²) in [6.45, 7) is 3.10. The third-order valence-corrected chi connectivity index (χ3v) is 3.42. The largest absolute Gasteiger partial charge is 0.390 e. The lowest BCUT2D eigenvalue weighted by Crippen LogP contribution is -2.32. The van der Waals surface area contributed by atoms with E-state index in [1.807, 2.05) is 0 Å². The molecule has 0 aromatic rings. The summed E-state index contributed by atoms with van der Waals surface area (Å²) in [5, 5.41) is 12.9. The Labute approximate surface area is 85.8 Å². The number of hydrogen-bond donors (Lipinski definition) is 2. The molecule has 14 heavy (non-hydrogen) atoms. The molecule has 2 aliphatic rings. The molecule has 0 bridgehead atoms. The van der Waals surface area contributed by atoms with Gasteiger partial charge < -0.3 is 15.2 Å². The van der Waals surface area contributed by atoms with E-state index in [1.54, 1.807) is 0 Å². The highest BCUT2D eigenvalue weighted by molar-refractivity contribution is 4.78. The Kier molecular flexibility index (Phi) is 3.79. The second-order valence-electron chi connectivity index (χ2n) is 4.56. The second-order valence-corrected chi connectivity index (χ2v) is 4.56. The Morgan fingerprint density at radius 2 is 1.93 bits per heavy atom. The van der Waals surface area contributed by atoms with Crippen LogP contribution in [-0.4, -0.2) is 37.0 Å². The van der Waals surface area contributed by atoms with E-state index in [-0.39, 0.29) is 12.2 Å². The van der Waals surface area contributed by atoms with Crippen molar-refractivity contribution < 1.29 is 9.84 Å². The first-order valence-electron chi connectivity index (χ1n) is 5.86. The Morgan fingerprint density at radius 1 is 1.14 bits per heavy atom. The highest BCUT2D eigenvalue weighted by Crippen LogP contribution is 2.23. The van der Waals surface area contributed by atoms with Gasteiger partial charge in [-0.25, -0.2) is 0 Å². The first-order valence-corrected chi connectivity index (χ1v) is 5.86. The predicted molar refractivity (Wildman–Crippen MR) is 55.2 cm³/mol. The lowest BCUT2D eigenvalue weighted by Gasteiger charge is -2.25. The molecule has 1 aliphatic carbocycles. The van der Waals surface area contributed by atoms with E-state index in [2.05, 4.69) is 5.32 Å². The van der Waals surface area contributed by atoms with E-state index in [4.69, 9.17) is 4.74 Å². The van der Waals surface area contributed by atoms with Gasteiger partial charge in [-0.15, -0.1) is 0 Å². The number of aliphatic hydroxyl groups excluding tert-OH is 1. The van der Waals surface area contributed by atoms with Gasteiger partial charge in [-0.05, 0) is 51.1 Å². The molecule has 2 fully saturated rings. The predicted octanol–water partition coefficient (Wildman–Crippen LogP) is 0.916. The Hall–Kier alpha value is -0.120. The van der Waals surface area contributed by atoms with Gasteiger partial charge in [0, 0.05) is 6.61 Å². The van der Waals surface area contributed by atoms with Crippen LogP contribution in [0.3, 0.4) is 0 Å². The van der Waals surface area contributed by atoms with Gasteiger partial charge in [0.1, 0.15) is 0 Å². The van der Waals surface area contributed by atoms with Gasteiger partial charge in [0.05, 0.1) is 12.2 Å². The van der Waals surface area contributed by atoms with Gasteiger partial charge in [-0.3, -0.25) is 0 Å². The molecule has 2 N–H and O–H groups in total. The van der Waals surface area contributed by atoms with E-state index in [9.17, 15) is 5.11 Å². The molecule has 0 amide bonds. The minimum Gasteiger partial charge on any atom is -0.390 e. The van der Waals surface area contributed by atoms with Crippen LogP contribution in [0.2, 0.25) is 0 Å². The van der Waals surface area contributed by atoms with Crippen LogP contribution in [0, 0.1) is 5.92 Å². The number of hydrogen-bond acceptors (Lipinski definition) is 3. The van der Waals surface area contributed by atoms with Crippen molar-refractivity contribution in [3.8, 4) is 0 Å². The number of piperidine rings is 1. The second kappa shape index (κ2) is 5.10. The Morgan fingerprint density at radius 3 is 2.57 bits per heavy atom. The SMILES string of the molecule is OC1CCCC1OCC1CCNCC1. The maximum absolute atomic E-state index is 9.58. The molecule has 0 aromatic heterocycles. The van der Waals surface area contributed by atoms with Crippen molar-refractivity contribution in [2.45, 2.75) is 44.3 Å². The molecule has 0 spiro atoms. The lowest BCUT2D eigenvalue weighted by molar-refractivity contribution is -0.0354. The summed E-state index contributed by atoms with van der Waals surface area (Å²) in [5.74, 6) is 0.712. The maximum atomic E-state index is 9.58. The van der Waals surface area contributed by atoms with Gasteiger partial charge in [-0.1, -0.05) is 0 Å². The molecule has 2 rings (SSSR count). The van der Waals surface area contributed by atoms with E-state index in [1.165, 1.54) is 12.8 Å². The fourth-order valence-electron chi connectivity index (χ4n) is 2.41. The third-order valence-electron chi connectivity index (χ3n) is 3.42. The highest BCUT2D eigenvalue weighted by atomic mass is 16.5. The highest BCUT2D eigenvalue weighted by Gasteiger charge is 2.26. The van der Waals surface area contributed by atoms with Crippen LogP contribution >= 0.6 is 0 Å². The molecular weight excluding hydrogens is 178 g/mol. The van der Waals surface area contributed by atoms with Gasteiger partial charge in [0.2, 0.25) is 0 Å². The summed E-state index contributed by atoms with van der Waals surface area (Å²) in [7, 11) is 0. The molecule has 2 atom stereocenters. The molecular formula is C11H21NO2. The van der Waals surface area contributed by atoms with E-state index in [0.29, 0.717) is 5.92 Å². The van der Waals surface area contributed by atoms with E-state index >= 15 is 0 Å². The fourth-order valence-corrected chi connectivity index (χ4v) is 2.41. The van der Waals surface area contributed by atoms with Gasteiger partial charge in [0.25, 0.3) is 0 Å². The van der Waals surface area contributed by atoms with E-state index in [0.717, 1.165) is 39.0 Å². The van der Waals surface area contributed by atoms with Crippen molar-refractivity contribution in [1.29, 1.82) is 0 Å². The van der Waals surface area contributed by atoms with Crippen molar-refractivity contribution in [1.82, 2.24) is 5.32 Å². The molecule has 0 radical (unpaired) electrons. The van der Waals surface area contributed by atoms with Gasteiger partial charge in [-0.2, -0.15) is 0 Å². The van der Waals surface area contributed by atoms with Crippen LogP contribution in [0.15, 0.2) is 0 Å². The Balaban J connectivity index is 1.65. The molecule has 3 heteroatoms. The smallest absolute Gasteiger partial charge is 0.0834 e. The van der Waals surface area contributed by atoms with Gasteiger partial charge >= 0.3 is 0 Å². The molecule has 0 aromatic carbocycles. The van der Waals surface area contributed by atoms with Crippen LogP contribution in [0.5, 0.6) is 0 Å². The van der Waals surface area contributed by atoms with Crippen LogP contribution in [-0.2, 0) is 4.74 Å². The first kappa shape index (κ1) is 10.4. The van der Waals surface area contributed by atoms with E-state index < -0.39 is 0 Å². The molecule has 3 nitrogen and oxygen atoms in total. The molecule has 1 heterocycles. The summed E-state index contributed by atoms with van der Waals surface area (Å²) >= 11 is 0.